The molecule has 15 heavy (non-hydrogen) atoms. The zero-order valence-corrected chi connectivity index (χ0v) is 10.7. The molecule has 0 fully saturated rings. The Morgan fingerprint density at radius 2 is 2.07 bits per heavy atom. The lowest BCUT2D eigenvalue weighted by molar-refractivity contribution is 0.784. The highest BCUT2D eigenvalue weighted by molar-refractivity contribution is 9.13. The first-order valence-corrected chi connectivity index (χ1v) is 5.71. The SMILES string of the molecule is NC(c1ccc(Br)c(Br)c1)c1nn[nH]n1. The molecule has 1 unspecified atom stereocenters. The van der Waals surface area contributed by atoms with Crippen LogP contribution in [0, 0.1) is 0 Å². The van der Waals surface area contributed by atoms with E-state index in [1.165, 1.54) is 0 Å². The van der Waals surface area contributed by atoms with Gasteiger partial charge in [0.05, 0.1) is 6.04 Å². The summed E-state index contributed by atoms with van der Waals surface area (Å²) in [5.41, 5.74) is 6.88. The van der Waals surface area contributed by atoms with Gasteiger partial charge in [-0.15, -0.1) is 10.2 Å². The van der Waals surface area contributed by atoms with E-state index in [4.69, 9.17) is 5.73 Å². The van der Waals surface area contributed by atoms with Gasteiger partial charge in [0.25, 0.3) is 0 Å². The van der Waals surface area contributed by atoms with Crippen molar-refractivity contribution in [3.8, 4) is 0 Å². The summed E-state index contributed by atoms with van der Waals surface area (Å²) in [6.07, 6.45) is 0. The Hall–Kier alpha value is -0.790. The van der Waals surface area contributed by atoms with E-state index in [0.717, 1.165) is 14.5 Å². The van der Waals surface area contributed by atoms with E-state index in [0.29, 0.717) is 5.82 Å². The quantitative estimate of drug-likeness (QED) is 0.878. The number of benzene rings is 1. The van der Waals surface area contributed by atoms with E-state index in [1.54, 1.807) is 0 Å². The van der Waals surface area contributed by atoms with Gasteiger partial charge in [-0.3, -0.25) is 0 Å². The van der Waals surface area contributed by atoms with Crippen molar-refractivity contribution < 1.29 is 0 Å². The first-order chi connectivity index (χ1) is 7.18. The Morgan fingerprint density at radius 1 is 1.27 bits per heavy atom. The van der Waals surface area contributed by atoms with Crippen LogP contribution in [0.15, 0.2) is 27.1 Å². The van der Waals surface area contributed by atoms with Gasteiger partial charge in [-0.25, -0.2) is 0 Å². The second kappa shape index (κ2) is 4.38. The predicted molar refractivity (Wildman–Crippen MR) is 62.1 cm³/mol. The van der Waals surface area contributed by atoms with Gasteiger partial charge < -0.3 is 5.73 Å². The van der Waals surface area contributed by atoms with Crippen molar-refractivity contribution in [2.45, 2.75) is 6.04 Å². The number of hydrogen-bond acceptors (Lipinski definition) is 4. The van der Waals surface area contributed by atoms with Crippen LogP contribution >= 0.6 is 31.9 Å². The van der Waals surface area contributed by atoms with E-state index in [9.17, 15) is 0 Å². The van der Waals surface area contributed by atoms with Crippen LogP contribution in [0.1, 0.15) is 17.4 Å². The lowest BCUT2D eigenvalue weighted by Crippen LogP contribution is -2.13. The van der Waals surface area contributed by atoms with Gasteiger partial charge in [-0.2, -0.15) is 5.21 Å². The van der Waals surface area contributed by atoms with Crippen molar-refractivity contribution >= 4 is 31.9 Å². The highest BCUT2D eigenvalue weighted by Crippen LogP contribution is 2.26. The normalized spacial score (nSPS) is 12.7. The summed E-state index contributed by atoms with van der Waals surface area (Å²) >= 11 is 6.80. The number of aromatic amines is 1. The largest absolute Gasteiger partial charge is 0.318 e. The van der Waals surface area contributed by atoms with Crippen molar-refractivity contribution in [3.63, 3.8) is 0 Å². The van der Waals surface area contributed by atoms with E-state index >= 15 is 0 Å². The van der Waals surface area contributed by atoms with Crippen molar-refractivity contribution in [1.29, 1.82) is 0 Å². The summed E-state index contributed by atoms with van der Waals surface area (Å²) in [6.45, 7) is 0. The van der Waals surface area contributed by atoms with Crippen LogP contribution in [0.3, 0.4) is 0 Å². The fourth-order valence-electron chi connectivity index (χ4n) is 1.16. The van der Waals surface area contributed by atoms with Crippen LogP contribution in [-0.2, 0) is 0 Å². The van der Waals surface area contributed by atoms with E-state index in [-0.39, 0.29) is 6.04 Å². The summed E-state index contributed by atoms with van der Waals surface area (Å²) in [7, 11) is 0. The third-order valence-electron chi connectivity index (χ3n) is 1.94. The van der Waals surface area contributed by atoms with E-state index in [1.807, 2.05) is 18.2 Å². The maximum absolute atomic E-state index is 5.96. The Morgan fingerprint density at radius 3 is 2.67 bits per heavy atom. The van der Waals surface area contributed by atoms with Gasteiger partial charge in [0, 0.05) is 8.95 Å². The number of nitrogens with zero attached hydrogens (tertiary/aromatic N) is 3. The number of hydrogen-bond donors (Lipinski definition) is 2. The van der Waals surface area contributed by atoms with Crippen LogP contribution in [0.25, 0.3) is 0 Å². The summed E-state index contributed by atoms with van der Waals surface area (Å²) in [6, 6.07) is 5.38. The Bertz CT molecular complexity index is 456. The minimum Gasteiger partial charge on any atom is -0.318 e. The molecule has 78 valence electrons. The maximum atomic E-state index is 5.96. The van der Waals surface area contributed by atoms with Crippen LogP contribution < -0.4 is 5.73 Å². The molecular formula is C8H7Br2N5. The van der Waals surface area contributed by atoms with Crippen LogP contribution in [0.4, 0.5) is 0 Å². The van der Waals surface area contributed by atoms with Crippen LogP contribution in [0.5, 0.6) is 0 Å². The molecule has 0 saturated heterocycles. The smallest absolute Gasteiger partial charge is 0.195 e. The summed E-state index contributed by atoms with van der Waals surface area (Å²) < 4.78 is 1.92. The number of nitrogens with two attached hydrogens (primary N) is 1. The average Bonchev–Trinajstić information content (AvgIpc) is 2.74. The van der Waals surface area contributed by atoms with Gasteiger partial charge in [0.1, 0.15) is 0 Å². The number of aromatic nitrogens is 4. The van der Waals surface area contributed by atoms with Crippen molar-refractivity contribution in [2.75, 3.05) is 0 Å². The second-order valence-electron chi connectivity index (χ2n) is 2.92. The highest BCUT2D eigenvalue weighted by Gasteiger charge is 2.14. The zero-order chi connectivity index (χ0) is 10.8. The van der Waals surface area contributed by atoms with Crippen molar-refractivity contribution in [3.05, 3.63) is 38.5 Å². The maximum Gasteiger partial charge on any atom is 0.195 e. The first kappa shape index (κ1) is 10.7. The fourth-order valence-corrected chi connectivity index (χ4v) is 1.80. The monoisotopic (exact) mass is 331 g/mol. The molecule has 1 atom stereocenters. The molecule has 0 aliphatic heterocycles. The molecule has 1 heterocycles. The minimum absolute atomic E-state index is 0.367. The average molecular weight is 333 g/mol. The molecule has 0 amide bonds. The van der Waals surface area contributed by atoms with Crippen molar-refractivity contribution in [1.82, 2.24) is 20.6 Å². The van der Waals surface area contributed by atoms with Gasteiger partial charge in [-0.1, -0.05) is 11.3 Å². The van der Waals surface area contributed by atoms with Gasteiger partial charge in [0.2, 0.25) is 0 Å². The second-order valence-corrected chi connectivity index (χ2v) is 4.63. The van der Waals surface area contributed by atoms with Crippen molar-refractivity contribution in [2.24, 2.45) is 5.73 Å². The fraction of sp³-hybridized carbons (Fsp3) is 0.125. The number of rotatable bonds is 2. The summed E-state index contributed by atoms with van der Waals surface area (Å²) in [5.74, 6) is 0.476. The Kier molecular flexibility index (Phi) is 3.13. The number of halogens is 2. The molecule has 1 aromatic heterocycles. The Balaban J connectivity index is 2.34. The zero-order valence-electron chi connectivity index (χ0n) is 7.48. The van der Waals surface area contributed by atoms with Gasteiger partial charge in [0.15, 0.2) is 5.82 Å². The first-order valence-electron chi connectivity index (χ1n) is 4.12. The summed E-state index contributed by atoms with van der Waals surface area (Å²) in [4.78, 5) is 0. The third-order valence-corrected chi connectivity index (χ3v) is 3.82. The third kappa shape index (κ3) is 2.24. The number of tetrazole rings is 1. The molecule has 3 N–H and O–H groups in total. The van der Waals surface area contributed by atoms with E-state index < -0.39 is 0 Å². The summed E-state index contributed by atoms with van der Waals surface area (Å²) in [5, 5.41) is 13.5. The van der Waals surface area contributed by atoms with Crippen LogP contribution in [0.2, 0.25) is 0 Å². The molecule has 1 aromatic carbocycles. The molecule has 0 bridgehead atoms. The van der Waals surface area contributed by atoms with Crippen LogP contribution in [-0.4, -0.2) is 20.6 Å². The molecule has 2 aromatic rings. The molecular weight excluding hydrogens is 326 g/mol. The minimum atomic E-state index is -0.367. The molecule has 0 saturated carbocycles. The standard InChI is InChI=1S/C8H7Br2N5/c9-5-2-1-4(3-6(5)10)7(11)8-12-14-15-13-8/h1-3,7H,11H2,(H,12,13,14,15). The molecule has 5 nitrogen and oxygen atoms in total. The highest BCUT2D eigenvalue weighted by atomic mass is 79.9. The molecule has 0 aliphatic carbocycles. The molecule has 0 aliphatic rings. The lowest BCUT2D eigenvalue weighted by atomic mass is 10.1. The Labute approximate surface area is 103 Å². The lowest BCUT2D eigenvalue weighted by Gasteiger charge is -2.08. The van der Waals surface area contributed by atoms with E-state index in [2.05, 4.69) is 52.5 Å². The topological polar surface area (TPSA) is 80.5 Å². The molecule has 7 heteroatoms. The van der Waals surface area contributed by atoms with Gasteiger partial charge in [-0.05, 0) is 49.6 Å². The van der Waals surface area contributed by atoms with Gasteiger partial charge >= 0.3 is 0 Å². The molecule has 2 rings (SSSR count). The predicted octanol–water partition coefficient (Wildman–Crippen LogP) is 1.77. The molecule has 0 radical (unpaired) electrons. The number of H-pyrrole nitrogens is 1. The molecule has 0 spiro atoms. The number of nitrogens with one attached hydrogen (secondary N) is 1.